The van der Waals surface area contributed by atoms with Crippen molar-refractivity contribution in [3.63, 3.8) is 0 Å². The molecule has 0 radical (unpaired) electrons. The van der Waals surface area contributed by atoms with E-state index in [-0.39, 0.29) is 11.5 Å². The number of fused-ring (bicyclic) bond motifs is 1. The molecule has 27 heavy (non-hydrogen) atoms. The fourth-order valence-electron chi connectivity index (χ4n) is 4.27. The highest BCUT2D eigenvalue weighted by Gasteiger charge is 2.41. The van der Waals surface area contributed by atoms with E-state index in [9.17, 15) is 4.79 Å². The van der Waals surface area contributed by atoms with Crippen molar-refractivity contribution >= 4 is 27.5 Å². The van der Waals surface area contributed by atoms with E-state index in [4.69, 9.17) is 9.47 Å². The average Bonchev–Trinajstić information content (AvgIpc) is 3.10. The molecular weight excluding hydrogens is 360 g/mol. The van der Waals surface area contributed by atoms with E-state index in [1.165, 1.54) is 4.70 Å². The molecular formula is C21H28N2O3S. The first-order valence-corrected chi connectivity index (χ1v) is 10.9. The van der Waals surface area contributed by atoms with Gasteiger partial charge in [0.25, 0.3) is 0 Å². The molecule has 1 aromatic heterocycles. The van der Waals surface area contributed by atoms with Crippen LogP contribution in [0.2, 0.25) is 0 Å². The summed E-state index contributed by atoms with van der Waals surface area (Å²) in [6, 6.07) is 8.15. The molecule has 0 N–H and O–H groups in total. The maximum atomic E-state index is 12.7. The third-order valence-corrected chi connectivity index (χ3v) is 6.86. The molecule has 4 rings (SSSR count). The molecule has 0 bridgehead atoms. The maximum Gasteiger partial charge on any atom is 0.222 e. The highest BCUT2D eigenvalue weighted by atomic mass is 32.1. The van der Waals surface area contributed by atoms with Gasteiger partial charge in [0, 0.05) is 45.6 Å². The summed E-state index contributed by atoms with van der Waals surface area (Å²) in [5.41, 5.74) is 0.949. The van der Waals surface area contributed by atoms with Gasteiger partial charge in [-0.05, 0) is 38.3 Å². The molecule has 2 aliphatic heterocycles. The van der Waals surface area contributed by atoms with Crippen LogP contribution in [0.3, 0.4) is 0 Å². The van der Waals surface area contributed by atoms with E-state index >= 15 is 0 Å². The van der Waals surface area contributed by atoms with Crippen molar-refractivity contribution in [1.82, 2.24) is 9.88 Å². The zero-order valence-corrected chi connectivity index (χ0v) is 16.8. The lowest BCUT2D eigenvalue weighted by Gasteiger charge is -2.46. The van der Waals surface area contributed by atoms with E-state index in [2.05, 4.69) is 18.0 Å². The first-order valence-electron chi connectivity index (χ1n) is 10.1. The second kappa shape index (κ2) is 8.25. The number of likely N-dealkylation sites (tertiary alicyclic amines) is 1. The van der Waals surface area contributed by atoms with E-state index in [1.807, 2.05) is 23.1 Å². The van der Waals surface area contributed by atoms with Crippen molar-refractivity contribution < 1.29 is 14.3 Å². The highest BCUT2D eigenvalue weighted by molar-refractivity contribution is 7.18. The second-order valence-electron chi connectivity index (χ2n) is 7.56. The van der Waals surface area contributed by atoms with Gasteiger partial charge in [0.2, 0.25) is 5.91 Å². The van der Waals surface area contributed by atoms with Gasteiger partial charge in [-0.2, -0.15) is 0 Å². The Hall–Kier alpha value is -1.50. The van der Waals surface area contributed by atoms with Crippen molar-refractivity contribution in [2.75, 3.05) is 26.3 Å². The quantitative estimate of drug-likeness (QED) is 0.782. The SMILES string of the molecule is CCOC1CCOC2(CCN(C(=O)CCc3nc4ccccc4s3)CC2)C1. The summed E-state index contributed by atoms with van der Waals surface area (Å²) < 4.78 is 13.2. The summed E-state index contributed by atoms with van der Waals surface area (Å²) >= 11 is 1.69. The van der Waals surface area contributed by atoms with Crippen LogP contribution in [0.5, 0.6) is 0 Å². The van der Waals surface area contributed by atoms with Crippen LogP contribution in [0.25, 0.3) is 10.2 Å². The molecule has 2 aliphatic rings. The molecule has 6 heteroatoms. The zero-order valence-electron chi connectivity index (χ0n) is 16.0. The van der Waals surface area contributed by atoms with E-state index in [0.29, 0.717) is 12.5 Å². The zero-order chi connectivity index (χ0) is 18.7. The number of para-hydroxylation sites is 1. The normalized spacial score (nSPS) is 22.4. The van der Waals surface area contributed by atoms with Crippen LogP contribution in [-0.4, -0.2) is 53.8 Å². The molecule has 1 amide bonds. The van der Waals surface area contributed by atoms with Crippen LogP contribution in [0.15, 0.2) is 24.3 Å². The molecule has 2 fully saturated rings. The lowest BCUT2D eigenvalue weighted by molar-refractivity contribution is -0.160. The van der Waals surface area contributed by atoms with Crippen LogP contribution in [0, 0.1) is 0 Å². The van der Waals surface area contributed by atoms with Crippen molar-refractivity contribution in [2.45, 2.75) is 57.2 Å². The largest absolute Gasteiger partial charge is 0.378 e. The lowest BCUT2D eigenvalue weighted by Crippen LogP contribution is -2.52. The molecule has 1 spiro atoms. The minimum absolute atomic E-state index is 0.0814. The van der Waals surface area contributed by atoms with E-state index in [0.717, 1.165) is 68.9 Å². The molecule has 1 aromatic carbocycles. The van der Waals surface area contributed by atoms with Gasteiger partial charge >= 0.3 is 0 Å². The van der Waals surface area contributed by atoms with Crippen LogP contribution >= 0.6 is 11.3 Å². The number of hydrogen-bond donors (Lipinski definition) is 0. The molecule has 2 aromatic rings. The Morgan fingerprint density at radius 1 is 1.37 bits per heavy atom. The van der Waals surface area contributed by atoms with Crippen LogP contribution < -0.4 is 0 Å². The number of rotatable bonds is 5. The summed E-state index contributed by atoms with van der Waals surface area (Å²) in [5.74, 6) is 0.237. The number of piperidine rings is 1. The molecule has 146 valence electrons. The Kier molecular flexibility index (Phi) is 5.76. The molecule has 0 saturated carbocycles. The summed E-state index contributed by atoms with van der Waals surface area (Å²) in [6.07, 6.45) is 5.37. The van der Waals surface area contributed by atoms with Crippen molar-refractivity contribution in [2.24, 2.45) is 0 Å². The first-order chi connectivity index (χ1) is 13.2. The van der Waals surface area contributed by atoms with E-state index in [1.54, 1.807) is 11.3 Å². The van der Waals surface area contributed by atoms with Gasteiger partial charge in [-0.25, -0.2) is 4.98 Å². The minimum atomic E-state index is -0.0814. The van der Waals surface area contributed by atoms with Gasteiger partial charge in [-0.15, -0.1) is 11.3 Å². The highest BCUT2D eigenvalue weighted by Crippen LogP contribution is 2.36. The Labute approximate surface area is 164 Å². The Morgan fingerprint density at radius 3 is 2.96 bits per heavy atom. The number of ether oxygens (including phenoxy) is 2. The van der Waals surface area contributed by atoms with Crippen molar-refractivity contribution in [1.29, 1.82) is 0 Å². The van der Waals surface area contributed by atoms with Gasteiger partial charge < -0.3 is 14.4 Å². The molecule has 0 aliphatic carbocycles. The fraction of sp³-hybridized carbons (Fsp3) is 0.619. The molecule has 2 saturated heterocycles. The minimum Gasteiger partial charge on any atom is -0.378 e. The maximum absolute atomic E-state index is 12.7. The number of thiazole rings is 1. The van der Waals surface area contributed by atoms with Crippen molar-refractivity contribution in [3.8, 4) is 0 Å². The average molecular weight is 389 g/mol. The molecule has 1 unspecified atom stereocenters. The Balaban J connectivity index is 1.28. The van der Waals surface area contributed by atoms with Crippen LogP contribution in [-0.2, 0) is 20.7 Å². The molecule has 1 atom stereocenters. The summed E-state index contributed by atoms with van der Waals surface area (Å²) in [6.45, 7) is 5.16. The monoisotopic (exact) mass is 388 g/mol. The number of aromatic nitrogens is 1. The van der Waals surface area contributed by atoms with Gasteiger partial charge in [-0.1, -0.05) is 12.1 Å². The Morgan fingerprint density at radius 2 is 2.19 bits per heavy atom. The van der Waals surface area contributed by atoms with E-state index < -0.39 is 0 Å². The summed E-state index contributed by atoms with van der Waals surface area (Å²) in [7, 11) is 0. The lowest BCUT2D eigenvalue weighted by atomic mass is 9.83. The number of benzene rings is 1. The molecule has 5 nitrogen and oxygen atoms in total. The topological polar surface area (TPSA) is 51.7 Å². The van der Waals surface area contributed by atoms with Gasteiger partial charge in [0.1, 0.15) is 0 Å². The standard InChI is InChI=1S/C21H28N2O3S/c1-2-25-16-9-14-26-21(15-16)10-12-23(13-11-21)20(24)8-7-19-22-17-5-3-4-6-18(17)27-19/h3-6,16H,2,7-15H2,1H3. The third-order valence-electron chi connectivity index (χ3n) is 5.77. The predicted octanol–water partition coefficient (Wildman–Crippen LogP) is 3.81. The number of hydrogen-bond acceptors (Lipinski definition) is 5. The first kappa shape index (κ1) is 18.8. The third kappa shape index (κ3) is 4.33. The molecule has 3 heterocycles. The van der Waals surface area contributed by atoms with Gasteiger partial charge in [-0.3, -0.25) is 4.79 Å². The van der Waals surface area contributed by atoms with Gasteiger partial charge in [0.05, 0.1) is 26.9 Å². The van der Waals surface area contributed by atoms with Crippen LogP contribution in [0.4, 0.5) is 0 Å². The number of amides is 1. The predicted molar refractivity (Wildman–Crippen MR) is 107 cm³/mol. The summed E-state index contributed by atoms with van der Waals surface area (Å²) in [4.78, 5) is 19.3. The van der Waals surface area contributed by atoms with Gasteiger partial charge in [0.15, 0.2) is 0 Å². The summed E-state index contributed by atoms with van der Waals surface area (Å²) in [5, 5.41) is 1.05. The Bertz CT molecular complexity index is 748. The number of nitrogens with zero attached hydrogens (tertiary/aromatic N) is 2. The number of aryl methyl sites for hydroxylation is 1. The van der Waals surface area contributed by atoms with Crippen molar-refractivity contribution in [3.05, 3.63) is 29.3 Å². The number of carbonyl (C=O) groups is 1. The fourth-order valence-corrected chi connectivity index (χ4v) is 5.24. The van der Waals surface area contributed by atoms with Crippen LogP contribution in [0.1, 0.15) is 44.0 Å². The number of carbonyl (C=O) groups excluding carboxylic acids is 1. The second-order valence-corrected chi connectivity index (χ2v) is 8.67. The smallest absolute Gasteiger partial charge is 0.222 e.